The molecule has 170 valence electrons. The number of pyridine rings is 1. The maximum absolute atomic E-state index is 13.4. The number of rotatable bonds is 9. The third-order valence-electron chi connectivity index (χ3n) is 5.99. The maximum Gasteiger partial charge on any atom is 0.261 e. The standard InChI is InChI=1S/C26H37ClN2O2/c1-8-9-10-11-15-29-18(6)22(25(30)23(27)19(29)7)26(31)28-24-20(16(2)3)13-12-14-21(24)17(4)5/h12-14,16-17H,8-11,15H2,1-7H3,(H,28,31). The van der Waals surface area contributed by atoms with Gasteiger partial charge < -0.3 is 9.88 Å². The van der Waals surface area contributed by atoms with E-state index >= 15 is 0 Å². The van der Waals surface area contributed by atoms with E-state index in [1.165, 1.54) is 6.42 Å². The molecule has 0 radical (unpaired) electrons. The first kappa shape index (κ1) is 25.2. The minimum atomic E-state index is -0.396. The highest BCUT2D eigenvalue weighted by molar-refractivity contribution is 6.31. The summed E-state index contributed by atoms with van der Waals surface area (Å²) >= 11 is 6.40. The van der Waals surface area contributed by atoms with Crippen LogP contribution in [0.2, 0.25) is 5.02 Å². The Morgan fingerprint density at radius 2 is 1.58 bits per heavy atom. The molecular formula is C26H37ClN2O2. The van der Waals surface area contributed by atoms with Gasteiger partial charge in [0.15, 0.2) is 0 Å². The van der Waals surface area contributed by atoms with E-state index < -0.39 is 5.43 Å². The van der Waals surface area contributed by atoms with Crippen molar-refractivity contribution in [2.45, 2.75) is 92.5 Å². The fourth-order valence-electron chi connectivity index (χ4n) is 4.11. The zero-order chi connectivity index (χ0) is 23.3. The zero-order valence-electron chi connectivity index (χ0n) is 20.1. The van der Waals surface area contributed by atoms with Crippen LogP contribution in [0, 0.1) is 13.8 Å². The van der Waals surface area contributed by atoms with Gasteiger partial charge in [-0.15, -0.1) is 0 Å². The van der Waals surface area contributed by atoms with E-state index in [9.17, 15) is 9.59 Å². The lowest BCUT2D eigenvalue weighted by molar-refractivity contribution is 0.102. The number of benzene rings is 1. The molecule has 0 aliphatic heterocycles. The van der Waals surface area contributed by atoms with E-state index in [0.717, 1.165) is 48.3 Å². The van der Waals surface area contributed by atoms with Crippen LogP contribution in [-0.4, -0.2) is 10.5 Å². The van der Waals surface area contributed by atoms with E-state index in [2.05, 4.69) is 39.9 Å². The fourth-order valence-corrected chi connectivity index (χ4v) is 4.31. The Kier molecular flexibility index (Phi) is 8.93. The number of carbonyl (C=O) groups is 1. The number of halogens is 1. The number of para-hydroxylation sites is 1. The van der Waals surface area contributed by atoms with E-state index in [4.69, 9.17) is 11.6 Å². The molecule has 5 heteroatoms. The van der Waals surface area contributed by atoms with Gasteiger partial charge in [-0.05, 0) is 43.2 Å². The van der Waals surface area contributed by atoms with Crippen LogP contribution >= 0.6 is 11.6 Å². The van der Waals surface area contributed by atoms with Crippen molar-refractivity contribution in [1.82, 2.24) is 4.57 Å². The number of carbonyl (C=O) groups excluding carboxylic acids is 1. The number of nitrogens with zero attached hydrogens (tertiary/aromatic N) is 1. The van der Waals surface area contributed by atoms with E-state index in [1.54, 1.807) is 0 Å². The number of hydrogen-bond donors (Lipinski definition) is 1. The molecule has 0 saturated heterocycles. The van der Waals surface area contributed by atoms with Crippen LogP contribution in [0.15, 0.2) is 23.0 Å². The molecule has 4 nitrogen and oxygen atoms in total. The fraction of sp³-hybridized carbons (Fsp3) is 0.538. The summed E-state index contributed by atoms with van der Waals surface area (Å²) in [6, 6.07) is 6.10. The molecule has 31 heavy (non-hydrogen) atoms. The Bertz CT molecular complexity index is 964. The predicted molar refractivity (Wildman–Crippen MR) is 132 cm³/mol. The van der Waals surface area contributed by atoms with Crippen molar-refractivity contribution in [3.63, 3.8) is 0 Å². The van der Waals surface area contributed by atoms with Crippen LogP contribution in [0.4, 0.5) is 5.69 Å². The summed E-state index contributed by atoms with van der Waals surface area (Å²) in [5.74, 6) is 0.0977. The second kappa shape index (κ2) is 11.0. The first-order valence-electron chi connectivity index (χ1n) is 11.4. The Labute approximate surface area is 192 Å². The number of anilines is 1. The van der Waals surface area contributed by atoms with Gasteiger partial charge in [0.1, 0.15) is 10.6 Å². The average molecular weight is 445 g/mol. The molecular weight excluding hydrogens is 408 g/mol. The summed E-state index contributed by atoms with van der Waals surface area (Å²) < 4.78 is 2.02. The van der Waals surface area contributed by atoms with Gasteiger partial charge in [0, 0.05) is 23.6 Å². The summed E-state index contributed by atoms with van der Waals surface area (Å²) in [6.45, 7) is 15.0. The van der Waals surface area contributed by atoms with E-state index in [-0.39, 0.29) is 28.3 Å². The number of hydrogen-bond acceptors (Lipinski definition) is 2. The van der Waals surface area contributed by atoms with Gasteiger partial charge in [-0.25, -0.2) is 0 Å². The van der Waals surface area contributed by atoms with Crippen LogP contribution in [0.3, 0.4) is 0 Å². The number of amides is 1. The van der Waals surface area contributed by atoms with Crippen LogP contribution in [0.1, 0.15) is 105 Å². The third kappa shape index (κ3) is 5.60. The SMILES string of the molecule is CCCCCCn1c(C)c(Cl)c(=O)c(C(=O)Nc2c(C(C)C)cccc2C(C)C)c1C. The molecule has 0 saturated carbocycles. The van der Waals surface area contributed by atoms with Gasteiger partial charge in [-0.1, -0.05) is 83.7 Å². The van der Waals surface area contributed by atoms with Gasteiger partial charge >= 0.3 is 0 Å². The van der Waals surface area contributed by atoms with Crippen molar-refractivity contribution in [2.24, 2.45) is 0 Å². The van der Waals surface area contributed by atoms with Gasteiger partial charge in [-0.2, -0.15) is 0 Å². The molecule has 0 bridgehead atoms. The molecule has 1 N–H and O–H groups in total. The monoisotopic (exact) mass is 444 g/mol. The second-order valence-electron chi connectivity index (χ2n) is 8.98. The molecule has 0 aliphatic rings. The van der Waals surface area contributed by atoms with Gasteiger partial charge in [0.25, 0.3) is 5.91 Å². The van der Waals surface area contributed by atoms with Crippen molar-refractivity contribution in [2.75, 3.05) is 5.32 Å². The Morgan fingerprint density at radius 1 is 1.00 bits per heavy atom. The summed E-state index contributed by atoms with van der Waals surface area (Å²) in [7, 11) is 0. The lowest BCUT2D eigenvalue weighted by Gasteiger charge is -2.22. The Balaban J connectivity index is 2.52. The van der Waals surface area contributed by atoms with Gasteiger partial charge in [-0.3, -0.25) is 9.59 Å². The first-order valence-corrected chi connectivity index (χ1v) is 11.8. The molecule has 0 spiro atoms. The molecule has 2 rings (SSSR count). The first-order chi connectivity index (χ1) is 14.6. The van der Waals surface area contributed by atoms with Crippen LogP contribution in [0.25, 0.3) is 0 Å². The second-order valence-corrected chi connectivity index (χ2v) is 9.35. The molecule has 0 unspecified atom stereocenters. The topological polar surface area (TPSA) is 51.1 Å². The zero-order valence-corrected chi connectivity index (χ0v) is 20.8. The molecule has 1 aromatic carbocycles. The van der Waals surface area contributed by atoms with Crippen LogP contribution in [0.5, 0.6) is 0 Å². The summed E-state index contributed by atoms with van der Waals surface area (Å²) in [5.41, 5.74) is 4.08. The van der Waals surface area contributed by atoms with E-state index in [0.29, 0.717) is 5.69 Å². The highest BCUT2D eigenvalue weighted by Crippen LogP contribution is 2.33. The Morgan fingerprint density at radius 3 is 2.10 bits per heavy atom. The van der Waals surface area contributed by atoms with Gasteiger partial charge in [0.2, 0.25) is 5.43 Å². The maximum atomic E-state index is 13.4. The van der Waals surface area contributed by atoms with Crippen molar-refractivity contribution >= 4 is 23.2 Å². The average Bonchev–Trinajstić information content (AvgIpc) is 2.71. The summed E-state index contributed by atoms with van der Waals surface area (Å²) in [5, 5.41) is 3.21. The normalized spacial score (nSPS) is 11.4. The molecule has 1 amide bonds. The molecule has 1 heterocycles. The highest BCUT2D eigenvalue weighted by atomic mass is 35.5. The smallest absolute Gasteiger partial charge is 0.261 e. The minimum absolute atomic E-state index is 0.132. The van der Waals surface area contributed by atoms with Crippen molar-refractivity contribution in [3.8, 4) is 0 Å². The van der Waals surface area contributed by atoms with Crippen molar-refractivity contribution in [3.05, 3.63) is 61.5 Å². The quantitative estimate of drug-likeness (QED) is 0.415. The molecule has 0 atom stereocenters. The third-order valence-corrected chi connectivity index (χ3v) is 6.43. The van der Waals surface area contributed by atoms with Gasteiger partial charge in [0.05, 0.1) is 0 Å². The van der Waals surface area contributed by atoms with Crippen LogP contribution in [-0.2, 0) is 6.54 Å². The summed E-state index contributed by atoms with van der Waals surface area (Å²) in [6.07, 6.45) is 4.43. The van der Waals surface area contributed by atoms with Crippen LogP contribution < -0.4 is 10.7 Å². The molecule has 0 fully saturated rings. The van der Waals surface area contributed by atoms with E-state index in [1.807, 2.05) is 36.6 Å². The number of aromatic nitrogens is 1. The number of unbranched alkanes of at least 4 members (excludes halogenated alkanes) is 3. The highest BCUT2D eigenvalue weighted by Gasteiger charge is 2.23. The largest absolute Gasteiger partial charge is 0.347 e. The molecule has 0 aliphatic carbocycles. The predicted octanol–water partition coefficient (Wildman–Crippen LogP) is 7.20. The molecule has 2 aromatic rings. The Hall–Kier alpha value is -2.07. The van der Waals surface area contributed by atoms with Crippen molar-refractivity contribution in [1.29, 1.82) is 0 Å². The lowest BCUT2D eigenvalue weighted by Crippen LogP contribution is -2.29. The lowest BCUT2D eigenvalue weighted by atomic mass is 9.92. The minimum Gasteiger partial charge on any atom is -0.347 e. The molecule has 1 aromatic heterocycles. The van der Waals surface area contributed by atoms with Crippen molar-refractivity contribution < 1.29 is 4.79 Å². The number of nitrogens with one attached hydrogen (secondary N) is 1. The summed E-state index contributed by atoms with van der Waals surface area (Å²) in [4.78, 5) is 26.4.